The summed E-state index contributed by atoms with van der Waals surface area (Å²) >= 11 is 1.33. The first kappa shape index (κ1) is 18.1. The molecule has 3 rings (SSSR count). The van der Waals surface area contributed by atoms with Crippen molar-refractivity contribution in [3.05, 3.63) is 75.7 Å². The largest absolute Gasteiger partial charge is 0.416 e. The standard InChI is InChI=1S/C18H13F4N3S/c1-23-17-25(16(11-26-17)13-5-7-15(19)8-6-13)24-10-12-3-2-4-14(9-12)18(20,21)22/h2-11H,1H3/b23-17?,24-10-. The molecule has 0 aliphatic rings. The summed E-state index contributed by atoms with van der Waals surface area (Å²) in [5, 5.41) is 6.08. The van der Waals surface area contributed by atoms with Gasteiger partial charge in [0.25, 0.3) is 0 Å². The Balaban J connectivity index is 2.01. The first-order valence-corrected chi connectivity index (χ1v) is 8.37. The van der Waals surface area contributed by atoms with Crippen LogP contribution in [0.25, 0.3) is 11.3 Å². The molecule has 3 aromatic rings. The number of hydrogen-bond donors (Lipinski definition) is 0. The van der Waals surface area contributed by atoms with Crippen molar-refractivity contribution in [2.45, 2.75) is 6.18 Å². The Morgan fingerprint density at radius 3 is 2.46 bits per heavy atom. The molecule has 26 heavy (non-hydrogen) atoms. The topological polar surface area (TPSA) is 29.6 Å². The summed E-state index contributed by atoms with van der Waals surface area (Å²) < 4.78 is 53.1. The van der Waals surface area contributed by atoms with Crippen LogP contribution in [0.3, 0.4) is 0 Å². The molecule has 0 N–H and O–H groups in total. The van der Waals surface area contributed by atoms with E-state index >= 15 is 0 Å². The molecule has 0 bridgehead atoms. The third kappa shape index (κ3) is 3.91. The van der Waals surface area contributed by atoms with Gasteiger partial charge in [0, 0.05) is 18.0 Å². The van der Waals surface area contributed by atoms with Crippen molar-refractivity contribution in [1.29, 1.82) is 0 Å². The molecule has 0 radical (unpaired) electrons. The number of hydrogen-bond acceptors (Lipinski definition) is 3. The van der Waals surface area contributed by atoms with Crippen molar-refractivity contribution in [3.8, 4) is 11.3 Å². The van der Waals surface area contributed by atoms with Gasteiger partial charge in [-0.2, -0.15) is 18.3 Å². The van der Waals surface area contributed by atoms with Crippen molar-refractivity contribution in [1.82, 2.24) is 4.68 Å². The van der Waals surface area contributed by atoms with E-state index in [4.69, 9.17) is 0 Å². The molecule has 0 unspecified atom stereocenters. The summed E-state index contributed by atoms with van der Waals surface area (Å²) in [6, 6.07) is 10.8. The van der Waals surface area contributed by atoms with Crippen LogP contribution in [-0.4, -0.2) is 17.9 Å². The fraction of sp³-hybridized carbons (Fsp3) is 0.111. The monoisotopic (exact) mass is 379 g/mol. The third-order valence-corrected chi connectivity index (χ3v) is 4.46. The lowest BCUT2D eigenvalue weighted by atomic mass is 10.1. The van der Waals surface area contributed by atoms with Gasteiger partial charge in [0.2, 0.25) is 4.80 Å². The van der Waals surface area contributed by atoms with Crippen LogP contribution in [0, 0.1) is 5.82 Å². The van der Waals surface area contributed by atoms with Gasteiger partial charge in [0.05, 0.1) is 17.5 Å². The Labute approximate surface area is 150 Å². The first-order chi connectivity index (χ1) is 12.4. The number of aromatic nitrogens is 1. The molecule has 2 aromatic carbocycles. The maximum absolute atomic E-state index is 13.1. The third-order valence-electron chi connectivity index (χ3n) is 3.55. The Bertz CT molecular complexity index is 998. The van der Waals surface area contributed by atoms with E-state index in [1.54, 1.807) is 24.6 Å². The van der Waals surface area contributed by atoms with Crippen molar-refractivity contribution in [3.63, 3.8) is 0 Å². The SMILES string of the molecule is CN=c1scc(-c2ccc(F)cc2)n1/N=C\c1cccc(C(F)(F)F)c1. The molecule has 0 amide bonds. The summed E-state index contributed by atoms with van der Waals surface area (Å²) in [6.07, 6.45) is -3.08. The number of halogens is 4. The zero-order valence-electron chi connectivity index (χ0n) is 13.5. The van der Waals surface area contributed by atoms with Gasteiger partial charge >= 0.3 is 6.18 Å². The molecular formula is C18H13F4N3S. The molecule has 1 aromatic heterocycles. The molecule has 0 atom stereocenters. The van der Waals surface area contributed by atoms with Gasteiger partial charge in [-0.1, -0.05) is 12.1 Å². The molecule has 134 valence electrons. The number of thiazole rings is 1. The van der Waals surface area contributed by atoms with Crippen LogP contribution >= 0.6 is 11.3 Å². The van der Waals surface area contributed by atoms with Crippen LogP contribution in [0.5, 0.6) is 0 Å². The Morgan fingerprint density at radius 1 is 1.08 bits per heavy atom. The van der Waals surface area contributed by atoms with Crippen LogP contribution in [0.4, 0.5) is 17.6 Å². The molecule has 0 saturated carbocycles. The van der Waals surface area contributed by atoms with E-state index < -0.39 is 11.7 Å². The van der Waals surface area contributed by atoms with Gasteiger partial charge < -0.3 is 0 Å². The minimum atomic E-state index is -4.41. The highest BCUT2D eigenvalue weighted by Gasteiger charge is 2.30. The van der Waals surface area contributed by atoms with Gasteiger partial charge in [-0.15, -0.1) is 11.3 Å². The summed E-state index contributed by atoms with van der Waals surface area (Å²) in [6.45, 7) is 0. The average Bonchev–Trinajstić information content (AvgIpc) is 3.03. The lowest BCUT2D eigenvalue weighted by Gasteiger charge is -2.07. The molecule has 0 spiro atoms. The molecular weight excluding hydrogens is 366 g/mol. The van der Waals surface area contributed by atoms with Crippen LogP contribution in [0.1, 0.15) is 11.1 Å². The van der Waals surface area contributed by atoms with Crippen LogP contribution in [0.2, 0.25) is 0 Å². The van der Waals surface area contributed by atoms with E-state index in [1.807, 2.05) is 0 Å². The Morgan fingerprint density at radius 2 is 1.81 bits per heavy atom. The molecule has 0 aliphatic carbocycles. The maximum atomic E-state index is 13.1. The molecule has 3 nitrogen and oxygen atoms in total. The smallest absolute Gasteiger partial charge is 0.261 e. The summed E-state index contributed by atoms with van der Waals surface area (Å²) in [5.74, 6) is -0.358. The highest BCUT2D eigenvalue weighted by atomic mass is 32.1. The van der Waals surface area contributed by atoms with E-state index in [2.05, 4.69) is 10.1 Å². The molecule has 1 heterocycles. The Kier molecular flexibility index (Phi) is 5.03. The quantitative estimate of drug-likeness (QED) is 0.463. The van der Waals surface area contributed by atoms with Crippen LogP contribution in [0.15, 0.2) is 64.0 Å². The summed E-state index contributed by atoms with van der Waals surface area (Å²) in [7, 11) is 1.59. The molecule has 8 heteroatoms. The lowest BCUT2D eigenvalue weighted by molar-refractivity contribution is -0.137. The number of benzene rings is 2. The fourth-order valence-electron chi connectivity index (χ4n) is 2.30. The van der Waals surface area contributed by atoms with E-state index in [9.17, 15) is 17.6 Å². The molecule has 0 saturated heterocycles. The van der Waals surface area contributed by atoms with E-state index in [0.717, 1.165) is 17.7 Å². The van der Waals surface area contributed by atoms with Crippen molar-refractivity contribution < 1.29 is 17.6 Å². The predicted octanol–water partition coefficient (Wildman–Crippen LogP) is 4.79. The first-order valence-electron chi connectivity index (χ1n) is 7.49. The summed E-state index contributed by atoms with van der Waals surface area (Å²) in [4.78, 5) is 4.68. The maximum Gasteiger partial charge on any atom is 0.416 e. The van der Waals surface area contributed by atoms with E-state index in [0.29, 0.717) is 16.1 Å². The van der Waals surface area contributed by atoms with Crippen molar-refractivity contribution >= 4 is 17.6 Å². The predicted molar refractivity (Wildman–Crippen MR) is 93.6 cm³/mol. The number of alkyl halides is 3. The van der Waals surface area contributed by atoms with Gasteiger partial charge in [-0.3, -0.25) is 4.99 Å². The zero-order valence-corrected chi connectivity index (χ0v) is 14.4. The Hall–Kier alpha value is -2.74. The second-order valence-electron chi connectivity index (χ2n) is 5.31. The van der Waals surface area contributed by atoms with E-state index in [1.165, 1.54) is 46.5 Å². The van der Waals surface area contributed by atoms with Crippen molar-refractivity contribution in [2.24, 2.45) is 10.1 Å². The lowest BCUT2D eigenvalue weighted by Crippen LogP contribution is -2.11. The van der Waals surface area contributed by atoms with Gasteiger partial charge in [0.1, 0.15) is 5.82 Å². The molecule has 0 aliphatic heterocycles. The molecule has 0 fully saturated rings. The van der Waals surface area contributed by atoms with Crippen LogP contribution < -0.4 is 4.80 Å². The average molecular weight is 379 g/mol. The van der Waals surface area contributed by atoms with Gasteiger partial charge in [-0.25, -0.2) is 9.07 Å². The highest BCUT2D eigenvalue weighted by molar-refractivity contribution is 7.07. The minimum Gasteiger partial charge on any atom is -0.261 e. The fourth-order valence-corrected chi connectivity index (χ4v) is 3.10. The van der Waals surface area contributed by atoms with Crippen molar-refractivity contribution in [2.75, 3.05) is 7.05 Å². The second-order valence-corrected chi connectivity index (χ2v) is 6.15. The van der Waals surface area contributed by atoms with Gasteiger partial charge in [-0.05, 0) is 42.0 Å². The second kappa shape index (κ2) is 7.25. The van der Waals surface area contributed by atoms with E-state index in [-0.39, 0.29) is 5.82 Å². The normalized spacial score (nSPS) is 12.9. The zero-order chi connectivity index (χ0) is 18.7. The summed E-state index contributed by atoms with van der Waals surface area (Å²) in [5.41, 5.74) is 0.958. The minimum absolute atomic E-state index is 0.311. The highest BCUT2D eigenvalue weighted by Crippen LogP contribution is 2.29. The van der Waals surface area contributed by atoms with Crippen LogP contribution in [-0.2, 0) is 6.18 Å². The number of rotatable bonds is 3. The number of nitrogens with zero attached hydrogens (tertiary/aromatic N) is 3. The van der Waals surface area contributed by atoms with Gasteiger partial charge in [0.15, 0.2) is 0 Å².